The third-order valence-electron chi connectivity index (χ3n) is 2.53. The monoisotopic (exact) mass is 243 g/mol. The van der Waals surface area contributed by atoms with Crippen molar-refractivity contribution in [3.63, 3.8) is 0 Å². The second-order valence-corrected chi connectivity index (χ2v) is 3.80. The number of carboxylic acid groups (broad SMARTS) is 1. The minimum absolute atomic E-state index is 0.0499. The third-order valence-corrected chi connectivity index (χ3v) is 2.53. The molecule has 7 heteroatoms. The third kappa shape index (κ3) is 1.53. The van der Waals surface area contributed by atoms with Crippen LogP contribution < -0.4 is 0 Å². The number of nitrogens with one attached hydrogen (secondary N) is 1. The number of aromatic amines is 1. The largest absolute Gasteiger partial charge is 0.477 e. The maximum Gasteiger partial charge on any atom is 0.354 e. The molecule has 0 aliphatic heterocycles. The highest BCUT2D eigenvalue weighted by Gasteiger charge is 2.14. The molecule has 0 aliphatic carbocycles. The summed E-state index contributed by atoms with van der Waals surface area (Å²) in [6.45, 7) is 1.73. The molecule has 90 valence electrons. The number of aromatic carboxylic acids is 1. The van der Waals surface area contributed by atoms with Gasteiger partial charge in [-0.15, -0.1) is 5.10 Å². The van der Waals surface area contributed by atoms with E-state index in [-0.39, 0.29) is 11.5 Å². The summed E-state index contributed by atoms with van der Waals surface area (Å²) in [5, 5.41) is 13.3. The smallest absolute Gasteiger partial charge is 0.354 e. The summed E-state index contributed by atoms with van der Waals surface area (Å²) in [4.78, 5) is 22.0. The van der Waals surface area contributed by atoms with Gasteiger partial charge in [0.2, 0.25) is 0 Å². The van der Waals surface area contributed by atoms with Gasteiger partial charge in [-0.1, -0.05) is 0 Å². The fourth-order valence-electron chi connectivity index (χ4n) is 1.77. The average molecular weight is 243 g/mol. The Balaban J connectivity index is 2.36. The molecule has 0 atom stereocenters. The molecular formula is C11H9N5O2. The highest BCUT2D eigenvalue weighted by Crippen LogP contribution is 2.20. The number of hydrogen-bond donors (Lipinski definition) is 2. The molecule has 2 N–H and O–H groups in total. The normalized spacial score (nSPS) is 10.9. The Hall–Kier alpha value is -2.70. The lowest BCUT2D eigenvalue weighted by Crippen LogP contribution is -2.05. The van der Waals surface area contributed by atoms with Crippen molar-refractivity contribution in [2.24, 2.45) is 0 Å². The second-order valence-electron chi connectivity index (χ2n) is 3.80. The quantitative estimate of drug-likeness (QED) is 0.703. The van der Waals surface area contributed by atoms with Crippen LogP contribution in [0.1, 0.15) is 16.3 Å². The number of aromatic nitrogens is 5. The highest BCUT2D eigenvalue weighted by molar-refractivity contribution is 5.87. The summed E-state index contributed by atoms with van der Waals surface area (Å²) in [6.07, 6.45) is 3.52. The molecule has 0 radical (unpaired) electrons. The molecule has 0 bridgehead atoms. The van der Waals surface area contributed by atoms with E-state index in [1.165, 1.54) is 10.6 Å². The van der Waals surface area contributed by atoms with Crippen molar-refractivity contribution in [3.05, 3.63) is 36.0 Å². The van der Waals surface area contributed by atoms with Gasteiger partial charge < -0.3 is 10.1 Å². The number of aryl methyl sites for hydroxylation is 1. The Kier molecular flexibility index (Phi) is 2.12. The van der Waals surface area contributed by atoms with E-state index in [0.717, 1.165) is 5.56 Å². The van der Waals surface area contributed by atoms with Crippen LogP contribution in [-0.4, -0.2) is 35.6 Å². The zero-order valence-electron chi connectivity index (χ0n) is 9.45. The fraction of sp³-hybridized carbons (Fsp3) is 0.0909. The van der Waals surface area contributed by atoms with Gasteiger partial charge in [0.1, 0.15) is 5.82 Å². The molecular weight excluding hydrogens is 234 g/mol. The van der Waals surface area contributed by atoms with Gasteiger partial charge >= 0.3 is 5.97 Å². The number of H-pyrrole nitrogens is 1. The van der Waals surface area contributed by atoms with Crippen molar-refractivity contribution < 1.29 is 9.90 Å². The van der Waals surface area contributed by atoms with E-state index < -0.39 is 5.97 Å². The van der Waals surface area contributed by atoms with Gasteiger partial charge in [0.05, 0.1) is 5.69 Å². The van der Waals surface area contributed by atoms with Crippen molar-refractivity contribution in [1.29, 1.82) is 0 Å². The number of carbonyl (C=O) groups is 1. The summed E-state index contributed by atoms with van der Waals surface area (Å²) in [5.74, 6) is -0.264. The minimum Gasteiger partial charge on any atom is -0.477 e. The van der Waals surface area contributed by atoms with Crippen LogP contribution in [0.2, 0.25) is 0 Å². The van der Waals surface area contributed by atoms with Crippen molar-refractivity contribution in [2.45, 2.75) is 6.92 Å². The first-order valence-electron chi connectivity index (χ1n) is 5.26. The van der Waals surface area contributed by atoms with Crippen LogP contribution in [-0.2, 0) is 0 Å². The van der Waals surface area contributed by atoms with Crippen molar-refractivity contribution in [3.8, 4) is 11.3 Å². The van der Waals surface area contributed by atoms with Gasteiger partial charge in [0.15, 0.2) is 5.69 Å². The summed E-state index contributed by atoms with van der Waals surface area (Å²) in [6, 6.07) is 3.31. The molecule has 0 spiro atoms. The van der Waals surface area contributed by atoms with Gasteiger partial charge in [-0.2, -0.15) is 9.50 Å². The summed E-state index contributed by atoms with van der Waals surface area (Å²) >= 11 is 0. The lowest BCUT2D eigenvalue weighted by Gasteiger charge is -2.02. The predicted molar refractivity (Wildman–Crippen MR) is 62.3 cm³/mol. The number of carboxylic acids is 1. The van der Waals surface area contributed by atoms with Crippen molar-refractivity contribution >= 4 is 11.7 Å². The lowest BCUT2D eigenvalue weighted by atomic mass is 10.2. The predicted octanol–water partition coefficient (Wildman–Crippen LogP) is 1.13. The van der Waals surface area contributed by atoms with E-state index in [0.29, 0.717) is 11.5 Å². The first-order valence-corrected chi connectivity index (χ1v) is 5.26. The number of nitrogens with zero attached hydrogens (tertiary/aromatic N) is 4. The molecule has 3 aromatic heterocycles. The van der Waals surface area contributed by atoms with Crippen LogP contribution in [0.5, 0.6) is 0 Å². The number of rotatable bonds is 2. The molecule has 3 heterocycles. The zero-order valence-corrected chi connectivity index (χ0v) is 9.45. The molecule has 3 rings (SSSR count). The molecule has 0 unspecified atom stereocenters. The standard InChI is InChI=1S/C11H9N5O2/c1-6-13-11-14-8(10(17)18)4-9(16(11)15-6)7-2-3-12-5-7/h2-5,12H,1H3,(H,17,18). The molecule has 0 aliphatic rings. The van der Waals surface area contributed by atoms with Gasteiger partial charge in [0, 0.05) is 18.0 Å². The van der Waals surface area contributed by atoms with E-state index in [2.05, 4.69) is 20.1 Å². The minimum atomic E-state index is -1.09. The van der Waals surface area contributed by atoms with Crippen LogP contribution >= 0.6 is 0 Å². The van der Waals surface area contributed by atoms with E-state index in [9.17, 15) is 4.79 Å². The number of fused-ring (bicyclic) bond motifs is 1. The Morgan fingerprint density at radius 3 is 2.94 bits per heavy atom. The summed E-state index contributed by atoms with van der Waals surface area (Å²) in [7, 11) is 0. The van der Waals surface area contributed by atoms with E-state index in [4.69, 9.17) is 5.11 Å². The second kappa shape index (κ2) is 3.66. The van der Waals surface area contributed by atoms with E-state index in [1.54, 1.807) is 19.3 Å². The van der Waals surface area contributed by atoms with Crippen LogP contribution in [0.25, 0.3) is 17.0 Å². The molecule has 7 nitrogen and oxygen atoms in total. The maximum absolute atomic E-state index is 11.0. The maximum atomic E-state index is 11.0. The first-order chi connectivity index (χ1) is 8.65. The van der Waals surface area contributed by atoms with Crippen molar-refractivity contribution in [2.75, 3.05) is 0 Å². The van der Waals surface area contributed by atoms with Crippen LogP contribution in [0, 0.1) is 6.92 Å². The highest BCUT2D eigenvalue weighted by atomic mass is 16.4. The Labute approximate surface area is 101 Å². The van der Waals surface area contributed by atoms with Crippen molar-refractivity contribution in [1.82, 2.24) is 24.6 Å². The van der Waals surface area contributed by atoms with E-state index >= 15 is 0 Å². The lowest BCUT2D eigenvalue weighted by molar-refractivity contribution is 0.0690. The summed E-state index contributed by atoms with van der Waals surface area (Å²) in [5.41, 5.74) is 1.42. The molecule has 0 fully saturated rings. The molecule has 18 heavy (non-hydrogen) atoms. The SMILES string of the molecule is Cc1nc2nc(C(=O)O)cc(-c3cc[nH]c3)n2n1. The van der Waals surface area contributed by atoms with Crippen LogP contribution in [0.15, 0.2) is 24.5 Å². The van der Waals surface area contributed by atoms with Gasteiger partial charge in [-0.3, -0.25) is 0 Å². The Morgan fingerprint density at radius 2 is 2.28 bits per heavy atom. The molecule has 0 saturated heterocycles. The molecule has 3 aromatic rings. The molecule has 0 amide bonds. The zero-order chi connectivity index (χ0) is 12.7. The summed E-state index contributed by atoms with van der Waals surface area (Å²) < 4.78 is 1.53. The first kappa shape index (κ1) is 10.5. The van der Waals surface area contributed by atoms with Crippen LogP contribution in [0.4, 0.5) is 0 Å². The Bertz CT molecular complexity index is 729. The van der Waals surface area contributed by atoms with Crippen LogP contribution in [0.3, 0.4) is 0 Å². The fourth-order valence-corrected chi connectivity index (χ4v) is 1.77. The van der Waals surface area contributed by atoms with E-state index in [1.807, 2.05) is 6.07 Å². The van der Waals surface area contributed by atoms with Gasteiger partial charge in [-0.25, -0.2) is 9.78 Å². The van der Waals surface area contributed by atoms with Gasteiger partial charge in [-0.05, 0) is 19.1 Å². The molecule has 0 aromatic carbocycles. The average Bonchev–Trinajstić information content (AvgIpc) is 2.94. The topological polar surface area (TPSA) is 96.2 Å². The van der Waals surface area contributed by atoms with Gasteiger partial charge in [0.25, 0.3) is 5.78 Å². The number of hydrogen-bond acceptors (Lipinski definition) is 4. The Morgan fingerprint density at radius 1 is 1.44 bits per heavy atom. The molecule has 0 saturated carbocycles.